The van der Waals surface area contributed by atoms with Crippen molar-refractivity contribution in [1.29, 1.82) is 5.26 Å². The molecule has 3 N–H and O–H groups in total. The zero-order valence-electron chi connectivity index (χ0n) is 17.6. The molecule has 2 aromatic heterocycles. The van der Waals surface area contributed by atoms with Crippen LogP contribution in [0.1, 0.15) is 23.2 Å². The summed E-state index contributed by atoms with van der Waals surface area (Å²) in [7, 11) is 1.66. The lowest BCUT2D eigenvalue weighted by molar-refractivity contribution is 0.287. The van der Waals surface area contributed by atoms with E-state index in [4.69, 9.17) is 22.1 Å². The number of H-pyrrole nitrogens is 1. The molecule has 0 aliphatic carbocycles. The van der Waals surface area contributed by atoms with E-state index < -0.39 is 5.82 Å². The lowest BCUT2D eigenvalue weighted by Gasteiger charge is -2.22. The third kappa shape index (κ3) is 3.18. The van der Waals surface area contributed by atoms with Gasteiger partial charge in [0.2, 0.25) is 0 Å². The van der Waals surface area contributed by atoms with Crippen molar-refractivity contribution < 1.29 is 9.13 Å². The van der Waals surface area contributed by atoms with E-state index in [9.17, 15) is 10.1 Å². The molecule has 1 aliphatic heterocycles. The van der Waals surface area contributed by atoms with Gasteiger partial charge in [-0.25, -0.2) is 9.49 Å². The number of halogens is 2. The zero-order valence-corrected chi connectivity index (χ0v) is 18.3. The van der Waals surface area contributed by atoms with Crippen molar-refractivity contribution in [3.8, 4) is 34.2 Å². The molecule has 0 fully saturated rings. The van der Waals surface area contributed by atoms with E-state index in [0.29, 0.717) is 64.0 Å². The van der Waals surface area contributed by atoms with Gasteiger partial charge in [-0.2, -0.15) is 15.5 Å². The molecule has 166 valence electrons. The van der Waals surface area contributed by atoms with Crippen LogP contribution in [0, 0.1) is 17.1 Å². The summed E-state index contributed by atoms with van der Waals surface area (Å²) in [4.78, 5) is 12.2. The van der Waals surface area contributed by atoms with Crippen molar-refractivity contribution in [2.75, 3.05) is 6.61 Å². The average molecular weight is 465 g/mol. The molecule has 8 nitrogen and oxygen atoms in total. The highest BCUT2D eigenvalue weighted by Gasteiger charge is 2.30. The number of nitrogens with two attached hydrogens (primary N) is 1. The Kier molecular flexibility index (Phi) is 5.12. The molecule has 0 atom stereocenters. The summed E-state index contributed by atoms with van der Waals surface area (Å²) in [5.74, 6) is -0.374. The Morgan fingerprint density at radius 2 is 2.21 bits per heavy atom. The number of fused-ring (bicyclic) bond motifs is 2. The monoisotopic (exact) mass is 464 g/mol. The molecule has 0 saturated heterocycles. The van der Waals surface area contributed by atoms with Crippen molar-refractivity contribution in [2.45, 2.75) is 19.4 Å². The highest BCUT2D eigenvalue weighted by atomic mass is 35.5. The minimum absolute atomic E-state index is 0.0290. The van der Waals surface area contributed by atoms with Crippen molar-refractivity contribution in [3.63, 3.8) is 0 Å². The van der Waals surface area contributed by atoms with Gasteiger partial charge < -0.3 is 10.5 Å². The van der Waals surface area contributed by atoms with Crippen LogP contribution in [-0.4, -0.2) is 26.6 Å². The van der Waals surface area contributed by atoms with E-state index in [-0.39, 0.29) is 28.3 Å². The highest BCUT2D eigenvalue weighted by molar-refractivity contribution is 6.32. The van der Waals surface area contributed by atoms with Gasteiger partial charge in [-0.05, 0) is 30.5 Å². The summed E-state index contributed by atoms with van der Waals surface area (Å²) in [5, 5.41) is 21.7. The van der Waals surface area contributed by atoms with Crippen LogP contribution in [0.4, 0.5) is 4.39 Å². The first-order valence-corrected chi connectivity index (χ1v) is 10.6. The minimum Gasteiger partial charge on any atom is -0.492 e. The number of rotatable bonds is 3. The van der Waals surface area contributed by atoms with Crippen molar-refractivity contribution in [2.24, 2.45) is 12.8 Å². The van der Waals surface area contributed by atoms with E-state index in [2.05, 4.69) is 21.4 Å². The highest BCUT2D eigenvalue weighted by Crippen LogP contribution is 2.45. The Hall–Kier alpha value is -3.74. The second-order valence-electron chi connectivity index (χ2n) is 7.74. The van der Waals surface area contributed by atoms with Gasteiger partial charge in [-0.3, -0.25) is 9.48 Å². The summed E-state index contributed by atoms with van der Waals surface area (Å²) < 4.78 is 22.9. The molecule has 5 rings (SSSR count). The Morgan fingerprint density at radius 3 is 2.97 bits per heavy atom. The lowest BCUT2D eigenvalue weighted by atomic mass is 9.92. The second-order valence-corrected chi connectivity index (χ2v) is 8.12. The first kappa shape index (κ1) is 21.1. The molecular weight excluding hydrogens is 447 g/mol. The standard InChI is InChI=1S/C23H18ClFN6O2/c1-31-21(18-15(8-26)22-13(3-2-6-33-22)19(24)20(18)25)16(10-28-31)11-4-5-12-14(7-11)17(9-27)29-30-23(12)32/h4-5,7,10H,2-3,6,9,27H2,1H3,(H,30,32). The predicted molar refractivity (Wildman–Crippen MR) is 121 cm³/mol. The molecule has 0 spiro atoms. The van der Waals surface area contributed by atoms with E-state index in [0.717, 1.165) is 0 Å². The maximum absolute atomic E-state index is 15.6. The van der Waals surface area contributed by atoms with Crippen LogP contribution in [0.2, 0.25) is 5.02 Å². The number of ether oxygens (including phenoxy) is 1. The van der Waals surface area contributed by atoms with Gasteiger partial charge in [0.1, 0.15) is 17.4 Å². The van der Waals surface area contributed by atoms with Gasteiger partial charge in [0.25, 0.3) is 5.56 Å². The average Bonchev–Trinajstić information content (AvgIpc) is 3.22. The van der Waals surface area contributed by atoms with Crippen molar-refractivity contribution >= 4 is 22.4 Å². The number of hydrogen-bond acceptors (Lipinski definition) is 6. The van der Waals surface area contributed by atoms with Gasteiger partial charge in [0.15, 0.2) is 5.82 Å². The van der Waals surface area contributed by atoms with E-state index >= 15 is 4.39 Å². The molecule has 2 aromatic carbocycles. The molecule has 0 radical (unpaired) electrons. The molecule has 10 heteroatoms. The van der Waals surface area contributed by atoms with Crippen LogP contribution in [0.5, 0.6) is 5.75 Å². The molecule has 4 aromatic rings. The van der Waals surface area contributed by atoms with Crippen LogP contribution in [0.25, 0.3) is 33.2 Å². The normalized spacial score (nSPS) is 12.9. The van der Waals surface area contributed by atoms with Crippen molar-refractivity contribution in [3.05, 3.63) is 62.4 Å². The number of nitrogens with zero attached hydrogens (tertiary/aromatic N) is 4. The minimum atomic E-state index is -0.691. The number of hydrogen-bond donors (Lipinski definition) is 2. The Labute approximate surface area is 192 Å². The van der Waals surface area contributed by atoms with Crippen LogP contribution in [0.3, 0.4) is 0 Å². The Morgan fingerprint density at radius 1 is 1.39 bits per heavy atom. The molecule has 0 bridgehead atoms. The van der Waals surface area contributed by atoms with Crippen molar-refractivity contribution in [1.82, 2.24) is 20.0 Å². The SMILES string of the molecule is Cn1ncc(-c2ccc3c(=O)[nH]nc(CN)c3c2)c1-c1c(F)c(Cl)c2c(c1C#N)OCCC2. The zero-order chi connectivity index (χ0) is 23.3. The third-order valence-corrected chi connectivity index (χ3v) is 6.30. The molecule has 0 amide bonds. The maximum atomic E-state index is 15.6. The fraction of sp³-hybridized carbons (Fsp3) is 0.217. The smallest absolute Gasteiger partial charge is 0.272 e. The first-order valence-electron chi connectivity index (χ1n) is 10.3. The number of aryl methyl sites for hydroxylation is 1. The predicted octanol–water partition coefficient (Wildman–Crippen LogP) is 3.44. The van der Waals surface area contributed by atoms with Gasteiger partial charge in [-0.15, -0.1) is 0 Å². The fourth-order valence-electron chi connectivity index (χ4n) is 4.34. The van der Waals surface area contributed by atoms with Crippen LogP contribution >= 0.6 is 11.6 Å². The van der Waals surface area contributed by atoms with Gasteiger partial charge in [0.05, 0.1) is 40.2 Å². The number of benzene rings is 2. The van der Waals surface area contributed by atoms with E-state index in [1.165, 1.54) is 4.68 Å². The van der Waals surface area contributed by atoms with Crippen LogP contribution < -0.4 is 16.0 Å². The van der Waals surface area contributed by atoms with Gasteiger partial charge in [-0.1, -0.05) is 17.7 Å². The van der Waals surface area contributed by atoms with Crippen LogP contribution in [-0.2, 0) is 20.0 Å². The van der Waals surface area contributed by atoms with Crippen LogP contribution in [0.15, 0.2) is 29.2 Å². The van der Waals surface area contributed by atoms with Gasteiger partial charge >= 0.3 is 0 Å². The molecule has 3 heterocycles. The summed E-state index contributed by atoms with van der Waals surface area (Å²) in [5.41, 5.74) is 8.19. The summed E-state index contributed by atoms with van der Waals surface area (Å²) in [6.07, 6.45) is 2.81. The number of aromatic nitrogens is 4. The lowest BCUT2D eigenvalue weighted by Crippen LogP contribution is -2.13. The third-order valence-electron chi connectivity index (χ3n) is 5.91. The molecule has 0 unspecified atom stereocenters. The first-order chi connectivity index (χ1) is 16.0. The Bertz CT molecular complexity index is 1540. The number of aromatic amines is 1. The van der Waals surface area contributed by atoms with Gasteiger partial charge in [0, 0.05) is 30.1 Å². The van der Waals surface area contributed by atoms with E-state index in [1.807, 2.05) is 0 Å². The Balaban J connectivity index is 1.81. The fourth-order valence-corrected chi connectivity index (χ4v) is 4.61. The second kappa shape index (κ2) is 7.99. The molecular formula is C23H18ClFN6O2. The maximum Gasteiger partial charge on any atom is 0.272 e. The largest absolute Gasteiger partial charge is 0.492 e. The summed E-state index contributed by atoms with van der Waals surface area (Å²) >= 11 is 6.39. The van der Waals surface area contributed by atoms with E-state index in [1.54, 1.807) is 31.4 Å². The summed E-state index contributed by atoms with van der Waals surface area (Å²) in [6.45, 7) is 0.553. The molecule has 0 saturated carbocycles. The molecule has 1 aliphatic rings. The quantitative estimate of drug-likeness (QED) is 0.479. The molecule has 33 heavy (non-hydrogen) atoms. The number of nitrogens with one attached hydrogen (secondary N) is 1. The summed E-state index contributed by atoms with van der Waals surface area (Å²) in [6, 6.07) is 7.26. The number of nitriles is 1. The topological polar surface area (TPSA) is 123 Å².